The summed E-state index contributed by atoms with van der Waals surface area (Å²) in [5.41, 5.74) is 1.58. The Balaban J connectivity index is 1.69. The first-order valence-electron chi connectivity index (χ1n) is 9.18. The van der Waals surface area contributed by atoms with Crippen LogP contribution in [0.5, 0.6) is 5.75 Å². The van der Waals surface area contributed by atoms with Crippen LogP contribution in [0.25, 0.3) is 0 Å². The smallest absolute Gasteiger partial charge is 0.262 e. The fraction of sp³-hybridized carbons (Fsp3) is 0.400. The van der Waals surface area contributed by atoms with Crippen LogP contribution in [0.4, 0.5) is 9.39 Å². The Hall–Kier alpha value is -2.45. The maximum absolute atomic E-state index is 12.9. The standard InChI is InChI=1S/C20H23FN2O4S/c1-26-11-10-22-19(25)18-15-4-2-3-5-16(15)28-20(18)23-17(24)12-27-14-8-6-13(21)7-9-14/h6-9H,2-5,10-12H2,1H3,(H,22,25)(H,23,24). The molecule has 6 nitrogen and oxygen atoms in total. The number of benzene rings is 1. The van der Waals surface area contributed by atoms with Crippen LogP contribution >= 0.6 is 11.3 Å². The van der Waals surface area contributed by atoms with Crippen LogP contribution in [0.1, 0.15) is 33.6 Å². The third-order valence-corrected chi connectivity index (χ3v) is 5.63. The maximum Gasteiger partial charge on any atom is 0.262 e. The molecule has 8 heteroatoms. The van der Waals surface area contributed by atoms with Crippen molar-refractivity contribution in [2.24, 2.45) is 0 Å². The zero-order chi connectivity index (χ0) is 19.9. The molecule has 0 aliphatic heterocycles. The molecule has 3 rings (SSSR count). The Morgan fingerprint density at radius 1 is 1.18 bits per heavy atom. The molecule has 28 heavy (non-hydrogen) atoms. The van der Waals surface area contributed by atoms with Gasteiger partial charge >= 0.3 is 0 Å². The number of nitrogens with one attached hydrogen (secondary N) is 2. The summed E-state index contributed by atoms with van der Waals surface area (Å²) in [6, 6.07) is 5.45. The minimum absolute atomic E-state index is 0.203. The van der Waals surface area contributed by atoms with Gasteiger partial charge in [0.15, 0.2) is 6.61 Å². The quantitative estimate of drug-likeness (QED) is 0.661. The number of amides is 2. The third kappa shape index (κ3) is 5.08. The molecule has 0 unspecified atom stereocenters. The van der Waals surface area contributed by atoms with Gasteiger partial charge in [-0.05, 0) is 55.5 Å². The first-order chi connectivity index (χ1) is 13.6. The van der Waals surface area contributed by atoms with Crippen molar-refractivity contribution in [3.05, 3.63) is 46.1 Å². The average Bonchev–Trinajstić information content (AvgIpc) is 3.05. The van der Waals surface area contributed by atoms with E-state index in [1.807, 2.05) is 0 Å². The van der Waals surface area contributed by atoms with Crippen LogP contribution in [0.15, 0.2) is 24.3 Å². The van der Waals surface area contributed by atoms with E-state index in [1.54, 1.807) is 7.11 Å². The predicted molar refractivity (Wildman–Crippen MR) is 106 cm³/mol. The molecule has 0 fully saturated rings. The fourth-order valence-electron chi connectivity index (χ4n) is 3.09. The summed E-state index contributed by atoms with van der Waals surface area (Å²) >= 11 is 1.45. The molecule has 0 atom stereocenters. The highest BCUT2D eigenvalue weighted by molar-refractivity contribution is 7.17. The Morgan fingerprint density at radius 3 is 2.68 bits per heavy atom. The highest BCUT2D eigenvalue weighted by Gasteiger charge is 2.26. The minimum Gasteiger partial charge on any atom is -0.484 e. The van der Waals surface area contributed by atoms with Gasteiger partial charge < -0.3 is 20.1 Å². The monoisotopic (exact) mass is 406 g/mol. The van der Waals surface area contributed by atoms with Crippen molar-refractivity contribution in [2.45, 2.75) is 25.7 Å². The Bertz CT molecular complexity index is 835. The molecule has 0 saturated carbocycles. The summed E-state index contributed by atoms with van der Waals surface area (Å²) in [7, 11) is 1.57. The zero-order valence-corrected chi connectivity index (χ0v) is 16.5. The van der Waals surface area contributed by atoms with Gasteiger partial charge in [0.05, 0.1) is 12.2 Å². The van der Waals surface area contributed by atoms with Crippen LogP contribution in [-0.2, 0) is 22.4 Å². The number of fused-ring (bicyclic) bond motifs is 1. The van der Waals surface area contributed by atoms with Gasteiger partial charge in [0.2, 0.25) is 0 Å². The summed E-state index contributed by atoms with van der Waals surface area (Å²) in [4.78, 5) is 26.2. The van der Waals surface area contributed by atoms with Crippen LogP contribution in [-0.4, -0.2) is 38.7 Å². The van der Waals surface area contributed by atoms with Crippen molar-refractivity contribution in [3.63, 3.8) is 0 Å². The van der Waals surface area contributed by atoms with Crippen LogP contribution < -0.4 is 15.4 Å². The number of carbonyl (C=O) groups is 2. The number of hydrogen-bond acceptors (Lipinski definition) is 5. The van der Waals surface area contributed by atoms with Crippen molar-refractivity contribution in [1.29, 1.82) is 0 Å². The molecule has 1 aromatic heterocycles. The first kappa shape index (κ1) is 20.3. The van der Waals surface area contributed by atoms with Crippen molar-refractivity contribution < 1.29 is 23.5 Å². The number of anilines is 1. The molecule has 2 aromatic rings. The number of rotatable bonds is 8. The molecule has 2 amide bonds. The highest BCUT2D eigenvalue weighted by Crippen LogP contribution is 2.38. The van der Waals surface area contributed by atoms with Crippen molar-refractivity contribution in [3.8, 4) is 5.75 Å². The largest absolute Gasteiger partial charge is 0.484 e. The average molecular weight is 406 g/mol. The van der Waals surface area contributed by atoms with Crippen molar-refractivity contribution in [2.75, 3.05) is 32.2 Å². The van der Waals surface area contributed by atoms with E-state index in [4.69, 9.17) is 9.47 Å². The lowest BCUT2D eigenvalue weighted by atomic mass is 9.95. The summed E-state index contributed by atoms with van der Waals surface area (Å²) in [5, 5.41) is 6.20. The number of hydrogen-bond donors (Lipinski definition) is 2. The number of aryl methyl sites for hydroxylation is 1. The fourth-order valence-corrected chi connectivity index (χ4v) is 4.39. The highest BCUT2D eigenvalue weighted by atomic mass is 32.1. The predicted octanol–water partition coefficient (Wildman–Crippen LogP) is 3.16. The number of thiophene rings is 1. The maximum atomic E-state index is 12.9. The zero-order valence-electron chi connectivity index (χ0n) is 15.7. The van der Waals surface area contributed by atoms with E-state index in [9.17, 15) is 14.0 Å². The molecule has 1 heterocycles. The minimum atomic E-state index is -0.370. The van der Waals surface area contributed by atoms with Gasteiger partial charge in [-0.1, -0.05) is 0 Å². The van der Waals surface area contributed by atoms with Gasteiger partial charge in [0.25, 0.3) is 11.8 Å². The van der Waals surface area contributed by atoms with E-state index in [0.717, 1.165) is 36.1 Å². The van der Waals surface area contributed by atoms with Gasteiger partial charge in [-0.25, -0.2) is 4.39 Å². The number of carbonyl (C=O) groups excluding carboxylic acids is 2. The summed E-state index contributed by atoms with van der Waals surface area (Å²) < 4.78 is 23.3. The SMILES string of the molecule is COCCNC(=O)c1c(NC(=O)COc2ccc(F)cc2)sc2c1CCCC2. The van der Waals surface area contributed by atoms with E-state index < -0.39 is 0 Å². The third-order valence-electron chi connectivity index (χ3n) is 4.43. The molecular weight excluding hydrogens is 383 g/mol. The molecule has 1 aliphatic rings. The number of halogens is 1. The summed E-state index contributed by atoms with van der Waals surface area (Å²) in [5.74, 6) is -0.537. The molecule has 1 aliphatic carbocycles. The molecule has 2 N–H and O–H groups in total. The lowest BCUT2D eigenvalue weighted by Gasteiger charge is -2.13. The molecule has 0 radical (unpaired) electrons. The van der Waals surface area contributed by atoms with E-state index in [0.29, 0.717) is 29.5 Å². The van der Waals surface area contributed by atoms with Gasteiger partial charge in [-0.3, -0.25) is 9.59 Å². The summed E-state index contributed by atoms with van der Waals surface area (Å²) in [6.45, 7) is 0.602. The molecule has 0 bridgehead atoms. The molecule has 0 saturated heterocycles. The van der Waals surface area contributed by atoms with E-state index in [1.165, 1.54) is 35.6 Å². The lowest BCUT2D eigenvalue weighted by Crippen LogP contribution is -2.29. The van der Waals surface area contributed by atoms with Gasteiger partial charge in [-0.2, -0.15) is 0 Å². The van der Waals surface area contributed by atoms with Gasteiger partial charge in [-0.15, -0.1) is 11.3 Å². The van der Waals surface area contributed by atoms with Crippen LogP contribution in [0.3, 0.4) is 0 Å². The lowest BCUT2D eigenvalue weighted by molar-refractivity contribution is -0.118. The second-order valence-electron chi connectivity index (χ2n) is 6.45. The Morgan fingerprint density at radius 2 is 1.93 bits per heavy atom. The van der Waals surface area contributed by atoms with Crippen LogP contribution in [0.2, 0.25) is 0 Å². The van der Waals surface area contributed by atoms with E-state index in [2.05, 4.69) is 10.6 Å². The molecular formula is C20H23FN2O4S. The normalized spacial score (nSPS) is 12.9. The van der Waals surface area contributed by atoms with Gasteiger partial charge in [0.1, 0.15) is 16.6 Å². The van der Waals surface area contributed by atoms with Gasteiger partial charge in [0, 0.05) is 18.5 Å². The van der Waals surface area contributed by atoms with Crippen LogP contribution in [0, 0.1) is 5.82 Å². The topological polar surface area (TPSA) is 76.7 Å². The van der Waals surface area contributed by atoms with Crippen molar-refractivity contribution in [1.82, 2.24) is 5.32 Å². The van der Waals surface area contributed by atoms with Crippen molar-refractivity contribution >= 4 is 28.2 Å². The second kappa shape index (κ2) is 9.66. The summed E-state index contributed by atoms with van der Waals surface area (Å²) in [6.07, 6.45) is 3.86. The molecule has 150 valence electrons. The van der Waals surface area contributed by atoms with E-state index in [-0.39, 0.29) is 24.2 Å². The Labute approximate surface area is 167 Å². The number of methoxy groups -OCH3 is 1. The second-order valence-corrected chi connectivity index (χ2v) is 7.56. The molecule has 0 spiro atoms. The Kier molecular flexibility index (Phi) is 7.00. The van der Waals surface area contributed by atoms with E-state index >= 15 is 0 Å². The number of ether oxygens (including phenoxy) is 2. The molecule has 1 aromatic carbocycles. The first-order valence-corrected chi connectivity index (χ1v) is 10.00.